The fourth-order valence-electron chi connectivity index (χ4n) is 2.27. The summed E-state index contributed by atoms with van der Waals surface area (Å²) in [5.74, 6) is 0.839. The van der Waals surface area contributed by atoms with E-state index in [1.165, 1.54) is 12.8 Å². The summed E-state index contributed by atoms with van der Waals surface area (Å²) in [7, 11) is 0. The molecule has 2 rings (SSSR count). The number of anilines is 2. The van der Waals surface area contributed by atoms with Crippen LogP contribution in [0.25, 0.3) is 0 Å². The molecular weight excluding hydrogens is 240 g/mol. The van der Waals surface area contributed by atoms with Gasteiger partial charge < -0.3 is 16.0 Å². The van der Waals surface area contributed by atoms with Gasteiger partial charge in [-0.3, -0.25) is 4.79 Å². The number of hydrogen-bond donors (Lipinski definition) is 2. The molecule has 1 fully saturated rings. The van der Waals surface area contributed by atoms with Gasteiger partial charge in [-0.1, -0.05) is 13.3 Å². The fourth-order valence-corrected chi connectivity index (χ4v) is 2.27. The van der Waals surface area contributed by atoms with E-state index in [0.29, 0.717) is 12.1 Å². The molecule has 1 aromatic heterocycles. The summed E-state index contributed by atoms with van der Waals surface area (Å²) in [6.07, 6.45) is 5.76. The van der Waals surface area contributed by atoms with Gasteiger partial charge in [0, 0.05) is 13.1 Å². The summed E-state index contributed by atoms with van der Waals surface area (Å²) in [6.45, 7) is 4.15. The Labute approximate surface area is 114 Å². The second kappa shape index (κ2) is 6.52. The lowest BCUT2D eigenvalue weighted by Gasteiger charge is -2.16. The van der Waals surface area contributed by atoms with Gasteiger partial charge in [0.15, 0.2) is 0 Å². The third-order valence-electron chi connectivity index (χ3n) is 3.38. The maximum atomic E-state index is 11.8. The molecule has 3 N–H and O–H groups in total. The van der Waals surface area contributed by atoms with Crippen LogP contribution in [0.5, 0.6) is 0 Å². The van der Waals surface area contributed by atoms with Crippen LogP contribution in [-0.2, 0) is 4.79 Å². The largest absolute Gasteiger partial charge is 0.357 e. The van der Waals surface area contributed by atoms with Crippen molar-refractivity contribution >= 4 is 17.4 Å². The maximum absolute atomic E-state index is 11.8. The molecule has 1 aliphatic heterocycles. The molecule has 0 aliphatic carbocycles. The van der Waals surface area contributed by atoms with Crippen LogP contribution in [0.2, 0.25) is 0 Å². The quantitative estimate of drug-likeness (QED) is 0.848. The number of carbonyl (C=O) groups is 1. The van der Waals surface area contributed by atoms with Crippen LogP contribution in [0.4, 0.5) is 11.5 Å². The standard InChI is InChI=1S/C14H22N4O/c1-2-5-12(15)14(19)17-11-6-7-13(16-10-11)18-8-3-4-9-18/h6-7,10,12H,2-5,8-9,15H2,1H3,(H,17,19)/t12-/m1/s1. The Balaban J connectivity index is 1.92. The van der Waals surface area contributed by atoms with Crippen molar-refractivity contribution in [1.82, 2.24) is 4.98 Å². The summed E-state index contributed by atoms with van der Waals surface area (Å²) in [6, 6.07) is 3.40. The number of amides is 1. The topological polar surface area (TPSA) is 71.2 Å². The van der Waals surface area contributed by atoms with E-state index in [0.717, 1.165) is 25.3 Å². The van der Waals surface area contributed by atoms with Gasteiger partial charge >= 0.3 is 0 Å². The van der Waals surface area contributed by atoms with Crippen LogP contribution in [0.3, 0.4) is 0 Å². The number of nitrogens with one attached hydrogen (secondary N) is 1. The maximum Gasteiger partial charge on any atom is 0.241 e. The number of nitrogens with zero attached hydrogens (tertiary/aromatic N) is 2. The third kappa shape index (κ3) is 3.67. The van der Waals surface area contributed by atoms with Crippen LogP contribution < -0.4 is 16.0 Å². The van der Waals surface area contributed by atoms with Crippen LogP contribution in [0.1, 0.15) is 32.6 Å². The molecule has 19 heavy (non-hydrogen) atoms. The molecule has 5 heteroatoms. The number of carbonyl (C=O) groups excluding carboxylic acids is 1. The molecule has 0 aromatic carbocycles. The van der Waals surface area contributed by atoms with Gasteiger partial charge in [0.1, 0.15) is 5.82 Å². The first-order chi connectivity index (χ1) is 9.20. The first-order valence-corrected chi connectivity index (χ1v) is 6.98. The van der Waals surface area contributed by atoms with Gasteiger partial charge in [0.25, 0.3) is 0 Å². The second-order valence-electron chi connectivity index (χ2n) is 4.98. The number of pyridine rings is 1. The SMILES string of the molecule is CCC[C@@H](N)C(=O)Nc1ccc(N2CCCC2)nc1. The molecule has 1 aliphatic rings. The lowest BCUT2D eigenvalue weighted by atomic mass is 10.1. The number of hydrogen-bond acceptors (Lipinski definition) is 4. The van der Waals surface area contributed by atoms with Crippen molar-refractivity contribution in [2.75, 3.05) is 23.3 Å². The molecule has 1 saturated heterocycles. The Morgan fingerprint density at radius 2 is 2.21 bits per heavy atom. The predicted molar refractivity (Wildman–Crippen MR) is 77.2 cm³/mol. The fraction of sp³-hybridized carbons (Fsp3) is 0.571. The zero-order valence-corrected chi connectivity index (χ0v) is 11.4. The molecule has 2 heterocycles. The molecule has 1 amide bonds. The van der Waals surface area contributed by atoms with Crippen molar-refractivity contribution in [3.8, 4) is 0 Å². The molecule has 0 saturated carbocycles. The van der Waals surface area contributed by atoms with Gasteiger partial charge in [-0.15, -0.1) is 0 Å². The summed E-state index contributed by atoms with van der Waals surface area (Å²) in [4.78, 5) is 18.4. The summed E-state index contributed by atoms with van der Waals surface area (Å²) < 4.78 is 0. The lowest BCUT2D eigenvalue weighted by Crippen LogP contribution is -2.35. The van der Waals surface area contributed by atoms with Crippen molar-refractivity contribution in [2.24, 2.45) is 5.73 Å². The first-order valence-electron chi connectivity index (χ1n) is 6.98. The Morgan fingerprint density at radius 1 is 1.47 bits per heavy atom. The molecule has 0 bridgehead atoms. The normalized spacial score (nSPS) is 16.4. The van der Waals surface area contributed by atoms with E-state index in [4.69, 9.17) is 5.73 Å². The molecule has 0 spiro atoms. The van der Waals surface area contributed by atoms with Gasteiger partial charge in [0.2, 0.25) is 5.91 Å². The van der Waals surface area contributed by atoms with Gasteiger partial charge in [-0.05, 0) is 31.4 Å². The van der Waals surface area contributed by atoms with Crippen LogP contribution in [0.15, 0.2) is 18.3 Å². The Hall–Kier alpha value is -1.62. The highest BCUT2D eigenvalue weighted by atomic mass is 16.2. The Kier molecular flexibility index (Phi) is 4.74. The highest BCUT2D eigenvalue weighted by Crippen LogP contribution is 2.19. The van der Waals surface area contributed by atoms with Crippen molar-refractivity contribution in [1.29, 1.82) is 0 Å². The van der Waals surface area contributed by atoms with E-state index in [1.54, 1.807) is 6.20 Å². The monoisotopic (exact) mass is 262 g/mol. The zero-order chi connectivity index (χ0) is 13.7. The molecule has 0 radical (unpaired) electrons. The highest BCUT2D eigenvalue weighted by molar-refractivity contribution is 5.94. The van der Waals surface area contributed by atoms with Crippen LogP contribution in [0, 0.1) is 0 Å². The van der Waals surface area contributed by atoms with E-state index in [-0.39, 0.29) is 5.91 Å². The minimum Gasteiger partial charge on any atom is -0.357 e. The second-order valence-corrected chi connectivity index (χ2v) is 4.98. The molecule has 0 unspecified atom stereocenters. The molecular formula is C14H22N4O. The van der Waals surface area contributed by atoms with Gasteiger partial charge in [0.05, 0.1) is 17.9 Å². The van der Waals surface area contributed by atoms with Gasteiger partial charge in [-0.2, -0.15) is 0 Å². The van der Waals surface area contributed by atoms with E-state index >= 15 is 0 Å². The Morgan fingerprint density at radius 3 is 2.79 bits per heavy atom. The van der Waals surface area contributed by atoms with Crippen molar-refractivity contribution in [3.05, 3.63) is 18.3 Å². The molecule has 1 atom stereocenters. The first kappa shape index (κ1) is 13.8. The minimum atomic E-state index is -0.441. The summed E-state index contributed by atoms with van der Waals surface area (Å²) >= 11 is 0. The van der Waals surface area contributed by atoms with E-state index < -0.39 is 6.04 Å². The number of aromatic nitrogens is 1. The van der Waals surface area contributed by atoms with Crippen LogP contribution in [-0.4, -0.2) is 30.0 Å². The number of nitrogens with two attached hydrogens (primary N) is 1. The minimum absolute atomic E-state index is 0.141. The Bertz CT molecular complexity index is 412. The predicted octanol–water partition coefficient (Wildman–Crippen LogP) is 1.75. The van der Waals surface area contributed by atoms with Crippen molar-refractivity contribution in [3.63, 3.8) is 0 Å². The summed E-state index contributed by atoms with van der Waals surface area (Å²) in [5, 5.41) is 2.80. The molecule has 104 valence electrons. The average Bonchev–Trinajstić information content (AvgIpc) is 2.94. The van der Waals surface area contributed by atoms with E-state index in [2.05, 4.69) is 15.2 Å². The molecule has 1 aromatic rings. The van der Waals surface area contributed by atoms with E-state index in [1.807, 2.05) is 19.1 Å². The molecule has 5 nitrogen and oxygen atoms in total. The van der Waals surface area contributed by atoms with Crippen molar-refractivity contribution in [2.45, 2.75) is 38.6 Å². The zero-order valence-electron chi connectivity index (χ0n) is 11.4. The lowest BCUT2D eigenvalue weighted by molar-refractivity contribution is -0.117. The van der Waals surface area contributed by atoms with Gasteiger partial charge in [-0.25, -0.2) is 4.98 Å². The third-order valence-corrected chi connectivity index (χ3v) is 3.38. The van der Waals surface area contributed by atoms with E-state index in [9.17, 15) is 4.79 Å². The number of rotatable bonds is 5. The smallest absolute Gasteiger partial charge is 0.241 e. The average molecular weight is 262 g/mol. The van der Waals surface area contributed by atoms with Crippen LogP contribution >= 0.6 is 0 Å². The van der Waals surface area contributed by atoms with Crippen molar-refractivity contribution < 1.29 is 4.79 Å². The summed E-state index contributed by atoms with van der Waals surface area (Å²) in [5.41, 5.74) is 6.47. The highest BCUT2D eigenvalue weighted by Gasteiger charge is 2.15.